The lowest BCUT2D eigenvalue weighted by Crippen LogP contribution is -2.54. The second-order valence-corrected chi connectivity index (χ2v) is 7.06. The summed E-state index contributed by atoms with van der Waals surface area (Å²) in [5.74, 6) is -0.963. The molecule has 5 heteroatoms. The Morgan fingerprint density at radius 1 is 1.00 bits per heavy atom. The van der Waals surface area contributed by atoms with E-state index in [0.717, 1.165) is 11.1 Å². The molecular formula is C18H20N2O2S. The maximum absolute atomic E-state index is 12.3. The number of carbonyl (C=O) groups excluding carboxylic acids is 2. The molecule has 0 bridgehead atoms. The first kappa shape index (κ1) is 17.1. The van der Waals surface area contributed by atoms with E-state index in [-0.39, 0.29) is 5.91 Å². The fraction of sp³-hybridized carbons (Fsp3) is 0.222. The molecule has 4 nitrogen and oxygen atoms in total. The van der Waals surface area contributed by atoms with Gasteiger partial charge in [-0.3, -0.25) is 9.59 Å². The van der Waals surface area contributed by atoms with Crippen molar-refractivity contribution in [2.45, 2.75) is 24.6 Å². The van der Waals surface area contributed by atoms with E-state index >= 15 is 0 Å². The maximum atomic E-state index is 12.3. The largest absolute Gasteiger partial charge is 0.368 e. The molecule has 1 unspecified atom stereocenters. The van der Waals surface area contributed by atoms with Gasteiger partial charge in [0.05, 0.1) is 0 Å². The van der Waals surface area contributed by atoms with Gasteiger partial charge in [0.1, 0.15) is 6.04 Å². The van der Waals surface area contributed by atoms with E-state index < -0.39 is 16.7 Å². The van der Waals surface area contributed by atoms with Crippen molar-refractivity contribution in [1.29, 1.82) is 0 Å². The first-order chi connectivity index (χ1) is 10.8. The van der Waals surface area contributed by atoms with E-state index in [0.29, 0.717) is 5.56 Å². The quantitative estimate of drug-likeness (QED) is 0.738. The van der Waals surface area contributed by atoms with Crippen molar-refractivity contribution in [3.8, 4) is 11.1 Å². The summed E-state index contributed by atoms with van der Waals surface area (Å²) in [6.07, 6.45) is 0. The smallest absolute Gasteiger partial charge is 0.251 e. The van der Waals surface area contributed by atoms with Crippen LogP contribution in [0, 0.1) is 0 Å². The normalized spacial score (nSPS) is 12.5. The first-order valence-corrected chi connectivity index (χ1v) is 7.72. The molecule has 3 N–H and O–H groups in total. The highest BCUT2D eigenvalue weighted by molar-refractivity contribution is 7.81. The SMILES string of the molecule is CC(C)(S)C(NC(=O)c1ccc(-c2ccccc2)cc1)C(N)=O. The molecule has 0 aliphatic rings. The number of nitrogens with two attached hydrogens (primary N) is 1. The van der Waals surface area contributed by atoms with Crippen LogP contribution in [0.5, 0.6) is 0 Å². The van der Waals surface area contributed by atoms with Gasteiger partial charge in [-0.1, -0.05) is 42.5 Å². The van der Waals surface area contributed by atoms with Gasteiger partial charge >= 0.3 is 0 Å². The number of hydrogen-bond donors (Lipinski definition) is 3. The maximum Gasteiger partial charge on any atom is 0.251 e. The fourth-order valence-corrected chi connectivity index (χ4v) is 2.45. The van der Waals surface area contributed by atoms with Crippen molar-refractivity contribution >= 4 is 24.4 Å². The average molecular weight is 328 g/mol. The van der Waals surface area contributed by atoms with E-state index in [4.69, 9.17) is 5.73 Å². The lowest BCUT2D eigenvalue weighted by atomic mass is 10.0. The molecule has 0 spiro atoms. The van der Waals surface area contributed by atoms with Crippen LogP contribution in [-0.4, -0.2) is 22.6 Å². The van der Waals surface area contributed by atoms with Crippen LogP contribution in [0.1, 0.15) is 24.2 Å². The number of benzene rings is 2. The van der Waals surface area contributed by atoms with Gasteiger partial charge in [0, 0.05) is 10.3 Å². The molecule has 0 fully saturated rings. The van der Waals surface area contributed by atoms with Crippen molar-refractivity contribution in [3.63, 3.8) is 0 Å². The molecule has 2 rings (SSSR count). The van der Waals surface area contributed by atoms with Crippen LogP contribution in [0.25, 0.3) is 11.1 Å². The molecule has 120 valence electrons. The predicted octanol–water partition coefficient (Wildman–Crippen LogP) is 2.65. The second-order valence-electron chi connectivity index (χ2n) is 5.91. The number of nitrogens with one attached hydrogen (secondary N) is 1. The molecule has 0 saturated heterocycles. The van der Waals surface area contributed by atoms with E-state index in [1.54, 1.807) is 26.0 Å². The van der Waals surface area contributed by atoms with Crippen molar-refractivity contribution < 1.29 is 9.59 Å². The highest BCUT2D eigenvalue weighted by Crippen LogP contribution is 2.20. The topological polar surface area (TPSA) is 72.2 Å². The standard InChI is InChI=1S/C18H20N2O2S/c1-18(2,23)15(16(19)21)20-17(22)14-10-8-13(9-11-14)12-6-4-3-5-7-12/h3-11,15,23H,1-2H3,(H2,19,21)(H,20,22). The van der Waals surface area contributed by atoms with E-state index in [2.05, 4.69) is 17.9 Å². The van der Waals surface area contributed by atoms with E-state index in [1.165, 1.54) is 0 Å². The Hall–Kier alpha value is -2.27. The number of carbonyl (C=O) groups is 2. The zero-order valence-electron chi connectivity index (χ0n) is 13.1. The third-order valence-electron chi connectivity index (χ3n) is 3.52. The summed E-state index contributed by atoms with van der Waals surface area (Å²) in [5, 5.41) is 2.64. The predicted molar refractivity (Wildman–Crippen MR) is 95.4 cm³/mol. The number of thiol groups is 1. The minimum absolute atomic E-state index is 0.351. The number of rotatable bonds is 5. The Labute approximate surface area is 141 Å². The average Bonchev–Trinajstić information content (AvgIpc) is 2.52. The fourth-order valence-electron chi connectivity index (χ4n) is 2.25. The number of hydrogen-bond acceptors (Lipinski definition) is 3. The van der Waals surface area contributed by atoms with Crippen molar-refractivity contribution in [3.05, 3.63) is 60.2 Å². The van der Waals surface area contributed by atoms with Gasteiger partial charge in [0.15, 0.2) is 0 Å². The Morgan fingerprint density at radius 3 is 2.00 bits per heavy atom. The Kier molecular flexibility index (Phi) is 5.11. The molecule has 0 saturated carbocycles. The van der Waals surface area contributed by atoms with Crippen LogP contribution in [0.15, 0.2) is 54.6 Å². The van der Waals surface area contributed by atoms with Gasteiger partial charge in [-0.05, 0) is 37.1 Å². The lowest BCUT2D eigenvalue weighted by Gasteiger charge is -2.27. The molecule has 2 aromatic carbocycles. The van der Waals surface area contributed by atoms with Crippen LogP contribution in [0.3, 0.4) is 0 Å². The summed E-state index contributed by atoms with van der Waals surface area (Å²) >= 11 is 4.32. The van der Waals surface area contributed by atoms with Gasteiger partial charge in [-0.2, -0.15) is 12.6 Å². The van der Waals surface area contributed by atoms with Crippen molar-refractivity contribution in [2.24, 2.45) is 5.73 Å². The van der Waals surface area contributed by atoms with Gasteiger partial charge in [0.2, 0.25) is 5.91 Å². The van der Waals surface area contributed by atoms with Gasteiger partial charge in [0.25, 0.3) is 5.91 Å². The second kappa shape index (κ2) is 6.87. The molecular weight excluding hydrogens is 308 g/mol. The molecule has 0 radical (unpaired) electrons. The summed E-state index contributed by atoms with van der Waals surface area (Å²) in [7, 11) is 0. The van der Waals surface area contributed by atoms with Crippen LogP contribution in [0.2, 0.25) is 0 Å². The van der Waals surface area contributed by atoms with Gasteiger partial charge in [-0.15, -0.1) is 0 Å². The Bertz CT molecular complexity index is 691. The number of amides is 2. The molecule has 23 heavy (non-hydrogen) atoms. The lowest BCUT2D eigenvalue weighted by molar-refractivity contribution is -0.120. The minimum Gasteiger partial charge on any atom is -0.368 e. The molecule has 2 aromatic rings. The summed E-state index contributed by atoms with van der Waals surface area (Å²) in [5.41, 5.74) is 7.90. The van der Waals surface area contributed by atoms with Crippen molar-refractivity contribution in [2.75, 3.05) is 0 Å². The molecule has 0 aliphatic carbocycles. The highest BCUT2D eigenvalue weighted by Gasteiger charge is 2.32. The first-order valence-electron chi connectivity index (χ1n) is 7.27. The zero-order chi connectivity index (χ0) is 17.0. The number of primary amides is 1. The van der Waals surface area contributed by atoms with Crippen molar-refractivity contribution in [1.82, 2.24) is 5.32 Å². The summed E-state index contributed by atoms with van der Waals surface area (Å²) in [6, 6.07) is 16.2. The summed E-state index contributed by atoms with van der Waals surface area (Å²) in [4.78, 5) is 23.8. The van der Waals surface area contributed by atoms with Crippen LogP contribution in [-0.2, 0) is 4.79 Å². The molecule has 2 amide bonds. The zero-order valence-corrected chi connectivity index (χ0v) is 14.0. The third-order valence-corrected chi connectivity index (χ3v) is 3.78. The third kappa shape index (κ3) is 4.36. The van der Waals surface area contributed by atoms with E-state index in [1.807, 2.05) is 42.5 Å². The summed E-state index contributed by atoms with van der Waals surface area (Å²) < 4.78 is -0.745. The van der Waals surface area contributed by atoms with Crippen LogP contribution < -0.4 is 11.1 Å². The van der Waals surface area contributed by atoms with E-state index in [9.17, 15) is 9.59 Å². The minimum atomic E-state index is -0.855. The molecule has 0 aliphatic heterocycles. The van der Waals surface area contributed by atoms with Gasteiger partial charge < -0.3 is 11.1 Å². The Morgan fingerprint density at radius 2 is 1.52 bits per heavy atom. The molecule has 0 aromatic heterocycles. The van der Waals surface area contributed by atoms with Crippen LogP contribution in [0.4, 0.5) is 0 Å². The molecule has 0 heterocycles. The molecule has 1 atom stereocenters. The van der Waals surface area contributed by atoms with Crippen LogP contribution >= 0.6 is 12.6 Å². The monoisotopic (exact) mass is 328 g/mol. The highest BCUT2D eigenvalue weighted by atomic mass is 32.1. The van der Waals surface area contributed by atoms with Gasteiger partial charge in [-0.25, -0.2) is 0 Å². The summed E-state index contributed by atoms with van der Waals surface area (Å²) in [6.45, 7) is 3.45. The Balaban J connectivity index is 2.16.